The van der Waals surface area contributed by atoms with Crippen molar-refractivity contribution in [3.8, 4) is 5.75 Å². The summed E-state index contributed by atoms with van der Waals surface area (Å²) in [6, 6.07) is 22.4. The van der Waals surface area contributed by atoms with Gasteiger partial charge in [0.05, 0.1) is 29.0 Å². The van der Waals surface area contributed by atoms with Gasteiger partial charge in [-0.1, -0.05) is 65.8 Å². The molecule has 0 radical (unpaired) electrons. The molecule has 0 spiro atoms. The lowest BCUT2D eigenvalue weighted by Gasteiger charge is -2.10. The smallest absolute Gasteiger partial charge is 0.250 e. The molecule has 2 N–H and O–H groups in total. The molecule has 4 rings (SSSR count). The van der Waals surface area contributed by atoms with Crippen LogP contribution in [-0.4, -0.2) is 32.0 Å². The molecule has 0 bridgehead atoms. The second-order valence-corrected chi connectivity index (χ2v) is 8.45. The highest BCUT2D eigenvalue weighted by atomic mass is 35.5. The summed E-state index contributed by atoms with van der Waals surface area (Å²) in [5.74, 6) is -0.00424. The third kappa shape index (κ3) is 4.95. The number of benzene rings is 3. The minimum absolute atomic E-state index is 0.116. The molecule has 0 saturated carbocycles. The maximum Gasteiger partial charge on any atom is 0.250 e. The summed E-state index contributed by atoms with van der Waals surface area (Å²) in [4.78, 5) is 17.1. The minimum atomic E-state index is -0.263. The number of hydrogen-bond donors (Lipinski definition) is 2. The molecule has 4 aromatic rings. The monoisotopic (exact) mass is 464 g/mol. The molecule has 32 heavy (non-hydrogen) atoms. The van der Waals surface area contributed by atoms with Gasteiger partial charge in [0.15, 0.2) is 5.16 Å². The van der Waals surface area contributed by atoms with Crippen LogP contribution in [0, 0.1) is 0 Å². The van der Waals surface area contributed by atoms with E-state index in [2.05, 4.69) is 15.1 Å². The summed E-state index contributed by atoms with van der Waals surface area (Å²) >= 11 is 7.70. The van der Waals surface area contributed by atoms with Crippen LogP contribution in [0.5, 0.6) is 5.75 Å². The van der Waals surface area contributed by atoms with Crippen molar-refractivity contribution in [3.63, 3.8) is 0 Å². The summed E-state index contributed by atoms with van der Waals surface area (Å²) < 4.78 is 2.06. The molecule has 162 valence electrons. The van der Waals surface area contributed by atoms with E-state index in [9.17, 15) is 9.90 Å². The minimum Gasteiger partial charge on any atom is -0.507 e. The van der Waals surface area contributed by atoms with Crippen LogP contribution in [0.15, 0.2) is 83.1 Å². The Labute approximate surface area is 194 Å². The number of para-hydroxylation sites is 3. The van der Waals surface area contributed by atoms with E-state index in [0.717, 1.165) is 21.8 Å². The van der Waals surface area contributed by atoms with Crippen LogP contribution in [0.1, 0.15) is 18.1 Å². The fourth-order valence-corrected chi connectivity index (χ4v) is 4.26. The SMILES string of the molecule is C/C(=N\NC(=O)CSc1nc2ccccc2n1Cc1ccccc1Cl)c1ccccc1O. The van der Waals surface area contributed by atoms with Crippen molar-refractivity contribution in [1.82, 2.24) is 15.0 Å². The first-order valence-electron chi connectivity index (χ1n) is 9.96. The molecule has 0 aliphatic heterocycles. The van der Waals surface area contributed by atoms with Crippen LogP contribution in [0.4, 0.5) is 0 Å². The number of aromatic hydroxyl groups is 1. The van der Waals surface area contributed by atoms with Crippen LogP contribution in [0.25, 0.3) is 11.0 Å². The van der Waals surface area contributed by atoms with Crippen molar-refractivity contribution in [1.29, 1.82) is 0 Å². The van der Waals surface area contributed by atoms with Gasteiger partial charge >= 0.3 is 0 Å². The first-order chi connectivity index (χ1) is 15.5. The maximum absolute atomic E-state index is 12.4. The van der Waals surface area contributed by atoms with Crippen molar-refractivity contribution in [2.24, 2.45) is 5.10 Å². The zero-order valence-electron chi connectivity index (χ0n) is 17.3. The number of amides is 1. The van der Waals surface area contributed by atoms with Gasteiger partial charge in [0, 0.05) is 10.6 Å². The van der Waals surface area contributed by atoms with Crippen LogP contribution in [-0.2, 0) is 11.3 Å². The van der Waals surface area contributed by atoms with Crippen molar-refractivity contribution in [2.75, 3.05) is 5.75 Å². The zero-order valence-corrected chi connectivity index (χ0v) is 18.9. The lowest BCUT2D eigenvalue weighted by atomic mass is 10.1. The molecule has 0 fully saturated rings. The number of imidazole rings is 1. The molecule has 1 amide bonds. The Hall–Kier alpha value is -3.29. The third-order valence-corrected chi connectivity index (χ3v) is 6.23. The number of hydrazone groups is 1. The number of fused-ring (bicyclic) bond motifs is 1. The lowest BCUT2D eigenvalue weighted by Crippen LogP contribution is -2.21. The topological polar surface area (TPSA) is 79.5 Å². The van der Waals surface area contributed by atoms with E-state index in [1.807, 2.05) is 48.5 Å². The number of nitrogens with one attached hydrogen (secondary N) is 1. The number of carbonyl (C=O) groups is 1. The van der Waals surface area contributed by atoms with Crippen molar-refractivity contribution in [2.45, 2.75) is 18.6 Å². The number of carbonyl (C=O) groups excluding carboxylic acids is 1. The fraction of sp³-hybridized carbons (Fsp3) is 0.125. The summed E-state index contributed by atoms with van der Waals surface area (Å²) in [7, 11) is 0. The van der Waals surface area contributed by atoms with Crippen LogP contribution in [0.3, 0.4) is 0 Å². The Morgan fingerprint density at radius 1 is 1.09 bits per heavy atom. The lowest BCUT2D eigenvalue weighted by molar-refractivity contribution is -0.118. The summed E-state index contributed by atoms with van der Waals surface area (Å²) in [6.07, 6.45) is 0. The molecule has 1 heterocycles. The highest BCUT2D eigenvalue weighted by Crippen LogP contribution is 2.27. The van der Waals surface area contributed by atoms with E-state index in [1.54, 1.807) is 31.2 Å². The van der Waals surface area contributed by atoms with E-state index in [0.29, 0.717) is 22.8 Å². The Kier molecular flexibility index (Phi) is 6.78. The normalized spacial score (nSPS) is 11.6. The van der Waals surface area contributed by atoms with E-state index in [1.165, 1.54) is 11.8 Å². The molecule has 3 aromatic carbocycles. The molecule has 6 nitrogen and oxygen atoms in total. The van der Waals surface area contributed by atoms with Crippen LogP contribution < -0.4 is 5.43 Å². The fourth-order valence-electron chi connectivity index (χ4n) is 3.26. The number of hydrogen-bond acceptors (Lipinski definition) is 5. The summed E-state index contributed by atoms with van der Waals surface area (Å²) in [5, 5.41) is 15.4. The first-order valence-corrected chi connectivity index (χ1v) is 11.3. The van der Waals surface area contributed by atoms with E-state index < -0.39 is 0 Å². The first kappa shape index (κ1) is 21.9. The average Bonchev–Trinajstić information content (AvgIpc) is 3.15. The largest absolute Gasteiger partial charge is 0.507 e. The Balaban J connectivity index is 1.49. The van der Waals surface area contributed by atoms with E-state index >= 15 is 0 Å². The molecule has 0 unspecified atom stereocenters. The Morgan fingerprint density at radius 2 is 1.81 bits per heavy atom. The summed E-state index contributed by atoms with van der Waals surface area (Å²) in [5.41, 5.74) is 6.45. The molecule has 8 heteroatoms. The van der Waals surface area contributed by atoms with E-state index in [-0.39, 0.29) is 17.4 Å². The standard InChI is InChI=1S/C24H21ClN4O2S/c1-16(18-9-3-7-13-22(18)30)27-28-23(31)15-32-24-26-20-11-5-6-12-21(20)29(24)14-17-8-2-4-10-19(17)25/h2-13,30H,14-15H2,1H3,(H,28,31)/b27-16+. The molecular formula is C24H21ClN4O2S. The quantitative estimate of drug-likeness (QED) is 0.227. The molecule has 1 aromatic heterocycles. The van der Waals surface area contributed by atoms with Crippen molar-refractivity contribution >= 4 is 46.0 Å². The van der Waals surface area contributed by atoms with Gasteiger partial charge in [-0.15, -0.1) is 0 Å². The third-order valence-electron chi connectivity index (χ3n) is 4.88. The van der Waals surface area contributed by atoms with Gasteiger partial charge in [-0.2, -0.15) is 5.10 Å². The number of halogens is 1. The van der Waals surface area contributed by atoms with Gasteiger partial charge in [0.25, 0.3) is 5.91 Å². The van der Waals surface area contributed by atoms with Gasteiger partial charge in [-0.25, -0.2) is 10.4 Å². The van der Waals surface area contributed by atoms with Crippen molar-refractivity contribution in [3.05, 3.63) is 88.9 Å². The highest BCUT2D eigenvalue weighted by molar-refractivity contribution is 7.99. The van der Waals surface area contributed by atoms with Crippen molar-refractivity contribution < 1.29 is 9.90 Å². The zero-order chi connectivity index (χ0) is 22.5. The van der Waals surface area contributed by atoms with Gasteiger partial charge in [-0.3, -0.25) is 4.79 Å². The number of phenolic OH excluding ortho intramolecular Hbond substituents is 1. The number of aromatic nitrogens is 2. The molecule has 0 aliphatic carbocycles. The number of phenols is 1. The Bertz CT molecular complexity index is 1300. The number of rotatable bonds is 7. The van der Waals surface area contributed by atoms with Gasteiger partial charge < -0.3 is 9.67 Å². The molecular weight excluding hydrogens is 444 g/mol. The van der Waals surface area contributed by atoms with Crippen LogP contribution in [0.2, 0.25) is 5.02 Å². The Morgan fingerprint density at radius 3 is 2.62 bits per heavy atom. The molecule has 0 saturated heterocycles. The number of nitrogens with zero attached hydrogens (tertiary/aromatic N) is 3. The second kappa shape index (κ2) is 9.89. The highest BCUT2D eigenvalue weighted by Gasteiger charge is 2.14. The van der Waals surface area contributed by atoms with Crippen LogP contribution >= 0.6 is 23.4 Å². The van der Waals surface area contributed by atoms with Gasteiger partial charge in [0.2, 0.25) is 0 Å². The predicted molar refractivity (Wildman–Crippen MR) is 129 cm³/mol. The van der Waals surface area contributed by atoms with Gasteiger partial charge in [-0.05, 0) is 42.8 Å². The predicted octanol–water partition coefficient (Wildman–Crippen LogP) is 5.08. The van der Waals surface area contributed by atoms with Gasteiger partial charge in [0.1, 0.15) is 5.75 Å². The average molecular weight is 465 g/mol. The maximum atomic E-state index is 12.4. The second-order valence-electron chi connectivity index (χ2n) is 7.10. The van der Waals surface area contributed by atoms with E-state index in [4.69, 9.17) is 16.6 Å². The molecule has 0 atom stereocenters. The number of thioether (sulfide) groups is 1. The summed E-state index contributed by atoms with van der Waals surface area (Å²) in [6.45, 7) is 2.28. The molecule has 0 aliphatic rings.